The first-order valence-corrected chi connectivity index (χ1v) is 14.1. The highest BCUT2D eigenvalue weighted by Crippen LogP contribution is 2.49. The fourth-order valence-electron chi connectivity index (χ4n) is 4.79. The summed E-state index contributed by atoms with van der Waals surface area (Å²) in [7, 11) is 0. The number of carbonyl (C=O) groups is 1. The number of amides is 1. The predicted molar refractivity (Wildman–Crippen MR) is 155 cm³/mol. The molecule has 3 aromatic carbocycles. The van der Waals surface area contributed by atoms with Crippen molar-refractivity contribution in [3.05, 3.63) is 90.1 Å². The van der Waals surface area contributed by atoms with Crippen LogP contribution in [-0.4, -0.2) is 29.0 Å². The largest absolute Gasteiger partial charge is 0.416 e. The highest BCUT2D eigenvalue weighted by molar-refractivity contribution is 7.97. The zero-order valence-electron chi connectivity index (χ0n) is 21.9. The van der Waals surface area contributed by atoms with E-state index >= 15 is 0 Å². The molecule has 0 radical (unpaired) electrons. The lowest BCUT2D eigenvalue weighted by Crippen LogP contribution is -2.27. The van der Waals surface area contributed by atoms with Gasteiger partial charge in [-0.2, -0.15) is 18.2 Å². The minimum atomic E-state index is -4.41. The molecule has 4 N–H and O–H groups in total. The first-order valence-electron chi connectivity index (χ1n) is 13.3. The molecule has 1 aliphatic heterocycles. The second-order valence-corrected chi connectivity index (χ2v) is 11.0. The molecule has 0 saturated heterocycles. The summed E-state index contributed by atoms with van der Waals surface area (Å²) >= 11 is 1.59. The van der Waals surface area contributed by atoms with Crippen molar-refractivity contribution >= 4 is 41.0 Å². The third-order valence-electron chi connectivity index (χ3n) is 7.22. The van der Waals surface area contributed by atoms with Gasteiger partial charge >= 0.3 is 6.18 Å². The van der Waals surface area contributed by atoms with Crippen molar-refractivity contribution in [3.63, 3.8) is 0 Å². The second kappa shape index (κ2) is 11.1. The SMILES string of the molecule is O=C(Nc1ccc(-c2cnc3nc2NCCCNSc2cccc(c2)N3)cc1)C1(c2ccc(C(F)(F)F)cc2)CC1. The van der Waals surface area contributed by atoms with E-state index in [0.717, 1.165) is 53.4 Å². The fourth-order valence-corrected chi connectivity index (χ4v) is 5.54. The van der Waals surface area contributed by atoms with Gasteiger partial charge in [-0.3, -0.25) is 9.52 Å². The molecule has 0 unspecified atom stereocenters. The van der Waals surface area contributed by atoms with Gasteiger partial charge in [0.1, 0.15) is 5.82 Å². The van der Waals surface area contributed by atoms with Gasteiger partial charge in [-0.15, -0.1) is 0 Å². The molecule has 1 aromatic heterocycles. The molecule has 4 bridgehead atoms. The van der Waals surface area contributed by atoms with Crippen LogP contribution in [0.4, 0.5) is 36.3 Å². The summed E-state index contributed by atoms with van der Waals surface area (Å²) in [6.07, 6.45) is -0.566. The van der Waals surface area contributed by atoms with Crippen LogP contribution in [0.3, 0.4) is 0 Å². The first-order chi connectivity index (χ1) is 19.8. The van der Waals surface area contributed by atoms with Crippen molar-refractivity contribution in [2.24, 2.45) is 0 Å². The van der Waals surface area contributed by atoms with Gasteiger partial charge in [-0.1, -0.05) is 30.3 Å². The van der Waals surface area contributed by atoms with E-state index in [2.05, 4.69) is 25.7 Å². The molecule has 4 aromatic rings. The molecule has 0 spiro atoms. The maximum Gasteiger partial charge on any atom is 0.416 e. The zero-order valence-corrected chi connectivity index (χ0v) is 22.7. The van der Waals surface area contributed by atoms with E-state index in [1.165, 1.54) is 12.1 Å². The van der Waals surface area contributed by atoms with Gasteiger partial charge in [0.05, 0.1) is 11.0 Å². The highest BCUT2D eigenvalue weighted by atomic mass is 32.2. The number of hydrogen-bond donors (Lipinski definition) is 4. The van der Waals surface area contributed by atoms with Gasteiger partial charge in [0.25, 0.3) is 0 Å². The monoisotopic (exact) mass is 576 g/mol. The van der Waals surface area contributed by atoms with E-state index in [9.17, 15) is 18.0 Å². The fraction of sp³-hybridized carbons (Fsp3) is 0.233. The lowest BCUT2D eigenvalue weighted by molar-refractivity contribution is -0.137. The standard InChI is InChI=1S/C30H27F3N6OS/c31-30(32,33)21-9-7-20(8-10-21)29(13-14-29)27(40)37-22-11-5-19(6-12-22)25-18-35-28-38-23-3-1-4-24(17-23)41-36-16-2-15-34-26(25)39-28/h1,3-12,17-18,36H,2,13-16H2,(H,37,40)(H2,34,35,38,39). The molecule has 2 aliphatic rings. The van der Waals surface area contributed by atoms with Crippen LogP contribution in [0.2, 0.25) is 0 Å². The number of hydrogen-bond acceptors (Lipinski definition) is 7. The number of benzene rings is 3. The molecular formula is C30H27F3N6OS. The molecule has 1 amide bonds. The molecule has 1 aliphatic carbocycles. The van der Waals surface area contributed by atoms with E-state index in [1.807, 2.05) is 36.4 Å². The molecule has 6 rings (SSSR count). The topological polar surface area (TPSA) is 91.0 Å². The van der Waals surface area contributed by atoms with Crippen molar-refractivity contribution in [1.82, 2.24) is 14.7 Å². The molecular weight excluding hydrogens is 549 g/mol. The number of nitrogens with zero attached hydrogens (tertiary/aromatic N) is 2. The van der Waals surface area contributed by atoms with Crippen LogP contribution in [0.1, 0.15) is 30.4 Å². The molecule has 0 atom stereocenters. The van der Waals surface area contributed by atoms with E-state index in [4.69, 9.17) is 4.98 Å². The number of nitrogens with one attached hydrogen (secondary N) is 4. The van der Waals surface area contributed by atoms with Crippen molar-refractivity contribution < 1.29 is 18.0 Å². The molecule has 1 saturated carbocycles. The summed E-state index contributed by atoms with van der Waals surface area (Å²) in [4.78, 5) is 23.5. The van der Waals surface area contributed by atoms with Crippen LogP contribution >= 0.6 is 11.9 Å². The Hall–Kier alpha value is -4.09. The van der Waals surface area contributed by atoms with Crippen LogP contribution in [0, 0.1) is 0 Å². The number of rotatable bonds is 4. The Balaban J connectivity index is 1.19. The van der Waals surface area contributed by atoms with E-state index < -0.39 is 17.2 Å². The summed E-state index contributed by atoms with van der Waals surface area (Å²) in [6, 6.07) is 20.3. The summed E-state index contributed by atoms with van der Waals surface area (Å²) in [6.45, 7) is 1.54. The molecule has 2 heterocycles. The summed E-state index contributed by atoms with van der Waals surface area (Å²) in [5, 5.41) is 9.64. The Morgan fingerprint density at radius 1 is 0.976 bits per heavy atom. The van der Waals surface area contributed by atoms with E-state index in [1.54, 1.807) is 30.3 Å². The minimum Gasteiger partial charge on any atom is -0.369 e. The molecule has 11 heteroatoms. The van der Waals surface area contributed by atoms with Crippen LogP contribution in [0.25, 0.3) is 11.1 Å². The third-order valence-corrected chi connectivity index (χ3v) is 8.06. The summed E-state index contributed by atoms with van der Waals surface area (Å²) in [5.41, 5.74) is 2.26. The predicted octanol–water partition coefficient (Wildman–Crippen LogP) is 6.99. The van der Waals surface area contributed by atoms with Gasteiger partial charge in [0.2, 0.25) is 11.9 Å². The van der Waals surface area contributed by atoms with Gasteiger partial charge in [0.15, 0.2) is 0 Å². The van der Waals surface area contributed by atoms with Crippen LogP contribution < -0.4 is 20.7 Å². The maximum absolute atomic E-state index is 13.2. The van der Waals surface area contributed by atoms with Crippen molar-refractivity contribution in [1.29, 1.82) is 0 Å². The maximum atomic E-state index is 13.2. The van der Waals surface area contributed by atoms with Crippen molar-refractivity contribution in [3.8, 4) is 11.1 Å². The highest BCUT2D eigenvalue weighted by Gasteiger charge is 2.51. The normalized spacial score (nSPS) is 16.2. The number of halogens is 3. The van der Waals surface area contributed by atoms with Gasteiger partial charge in [-0.25, -0.2) is 4.98 Å². The van der Waals surface area contributed by atoms with Crippen LogP contribution in [-0.2, 0) is 16.4 Å². The number of alkyl halides is 3. The van der Waals surface area contributed by atoms with Gasteiger partial charge in [0, 0.05) is 41.1 Å². The first kappa shape index (κ1) is 27.1. The Morgan fingerprint density at radius 3 is 2.49 bits per heavy atom. The lowest BCUT2D eigenvalue weighted by Gasteiger charge is -2.17. The minimum absolute atomic E-state index is 0.223. The summed E-state index contributed by atoms with van der Waals surface area (Å²) in [5.74, 6) is 0.952. The molecule has 41 heavy (non-hydrogen) atoms. The molecule has 7 nitrogen and oxygen atoms in total. The van der Waals surface area contributed by atoms with Crippen LogP contribution in [0.15, 0.2) is 83.9 Å². The number of fused-ring (bicyclic) bond motifs is 4. The Kier molecular flexibility index (Phi) is 7.31. The third kappa shape index (κ3) is 6.01. The second-order valence-electron chi connectivity index (χ2n) is 10.1. The Morgan fingerprint density at radius 2 is 1.76 bits per heavy atom. The van der Waals surface area contributed by atoms with Crippen molar-refractivity contribution in [2.75, 3.05) is 29.0 Å². The van der Waals surface area contributed by atoms with E-state index in [-0.39, 0.29) is 5.91 Å². The summed E-state index contributed by atoms with van der Waals surface area (Å²) < 4.78 is 42.3. The van der Waals surface area contributed by atoms with Crippen molar-refractivity contribution in [2.45, 2.75) is 35.7 Å². The van der Waals surface area contributed by atoms with Gasteiger partial charge < -0.3 is 16.0 Å². The quantitative estimate of drug-likeness (QED) is 0.195. The van der Waals surface area contributed by atoms with Crippen LogP contribution in [0.5, 0.6) is 0 Å². The van der Waals surface area contributed by atoms with Gasteiger partial charge in [-0.05, 0) is 84.8 Å². The molecule has 210 valence electrons. The number of aromatic nitrogens is 2. The lowest BCUT2D eigenvalue weighted by atomic mass is 9.93. The average molecular weight is 577 g/mol. The average Bonchev–Trinajstić information content (AvgIpc) is 3.77. The zero-order chi connectivity index (χ0) is 28.5. The number of carbonyl (C=O) groups excluding carboxylic acids is 1. The smallest absolute Gasteiger partial charge is 0.369 e. The number of anilines is 4. The molecule has 1 fully saturated rings. The Labute approximate surface area is 239 Å². The van der Waals surface area contributed by atoms with E-state index in [0.29, 0.717) is 35.9 Å². The Bertz CT molecular complexity index is 1560.